The summed E-state index contributed by atoms with van der Waals surface area (Å²) in [6.45, 7) is 4.89. The summed E-state index contributed by atoms with van der Waals surface area (Å²) in [5.74, 6) is -0.208. The zero-order valence-electron chi connectivity index (χ0n) is 11.9. The van der Waals surface area contributed by atoms with Gasteiger partial charge < -0.3 is 5.32 Å². The van der Waals surface area contributed by atoms with Crippen molar-refractivity contribution in [2.75, 3.05) is 0 Å². The van der Waals surface area contributed by atoms with Crippen molar-refractivity contribution in [3.8, 4) is 10.6 Å². The molecule has 0 aliphatic heterocycles. The van der Waals surface area contributed by atoms with Crippen molar-refractivity contribution < 1.29 is 4.39 Å². The van der Waals surface area contributed by atoms with E-state index in [-0.39, 0.29) is 5.82 Å². The highest BCUT2D eigenvalue weighted by molar-refractivity contribution is 7.14. The van der Waals surface area contributed by atoms with Gasteiger partial charge in [-0.15, -0.1) is 10.2 Å². The zero-order chi connectivity index (χ0) is 14.8. The van der Waals surface area contributed by atoms with Crippen LogP contribution in [0.15, 0.2) is 36.4 Å². The molecular weight excluding hydrogens is 285 g/mol. The van der Waals surface area contributed by atoms with Crippen LogP contribution in [0.5, 0.6) is 0 Å². The third kappa shape index (κ3) is 2.94. The van der Waals surface area contributed by atoms with Crippen molar-refractivity contribution in [2.24, 2.45) is 0 Å². The molecule has 0 aliphatic rings. The van der Waals surface area contributed by atoms with Gasteiger partial charge in [0.05, 0.1) is 0 Å². The molecule has 3 rings (SSSR count). The summed E-state index contributed by atoms with van der Waals surface area (Å²) in [7, 11) is 0. The van der Waals surface area contributed by atoms with E-state index in [0.29, 0.717) is 18.0 Å². The van der Waals surface area contributed by atoms with E-state index in [1.54, 1.807) is 23.5 Å². The average molecular weight is 301 g/mol. The van der Waals surface area contributed by atoms with Crippen LogP contribution in [0.25, 0.3) is 21.3 Å². The van der Waals surface area contributed by atoms with Gasteiger partial charge in [-0.05, 0) is 17.5 Å². The molecule has 1 N–H and O–H groups in total. The number of benzene rings is 2. The minimum Gasteiger partial charge on any atom is -0.308 e. The Morgan fingerprint density at radius 3 is 2.62 bits per heavy atom. The highest BCUT2D eigenvalue weighted by atomic mass is 32.1. The van der Waals surface area contributed by atoms with E-state index in [2.05, 4.69) is 29.4 Å². The van der Waals surface area contributed by atoms with E-state index in [9.17, 15) is 4.39 Å². The van der Waals surface area contributed by atoms with Gasteiger partial charge in [-0.2, -0.15) is 0 Å². The lowest BCUT2D eigenvalue weighted by Gasteiger charge is -2.04. The summed E-state index contributed by atoms with van der Waals surface area (Å²) in [5.41, 5.74) is 0.931. The Bertz CT molecular complexity index is 767. The predicted molar refractivity (Wildman–Crippen MR) is 84.8 cm³/mol. The van der Waals surface area contributed by atoms with E-state index >= 15 is 0 Å². The van der Waals surface area contributed by atoms with Crippen molar-refractivity contribution in [2.45, 2.75) is 26.4 Å². The van der Waals surface area contributed by atoms with Crippen LogP contribution in [0.2, 0.25) is 0 Å². The standard InChI is InChI=1S/C16H16FN3S/c1-10(2)18-9-15-19-20-16(21-15)13-7-8-14(17)12-6-4-3-5-11(12)13/h3-8,10,18H,9H2,1-2H3. The molecule has 0 bridgehead atoms. The normalized spacial score (nSPS) is 11.4. The smallest absolute Gasteiger partial charge is 0.148 e. The number of aromatic nitrogens is 2. The molecule has 2 aromatic carbocycles. The second kappa shape index (κ2) is 5.87. The Labute approximate surface area is 126 Å². The van der Waals surface area contributed by atoms with Gasteiger partial charge in [0.15, 0.2) is 0 Å². The lowest BCUT2D eigenvalue weighted by molar-refractivity contribution is 0.585. The SMILES string of the molecule is CC(C)NCc1nnc(-c2ccc(F)c3ccccc23)s1. The average Bonchev–Trinajstić information content (AvgIpc) is 2.94. The van der Waals surface area contributed by atoms with Gasteiger partial charge in [0.2, 0.25) is 0 Å². The van der Waals surface area contributed by atoms with Crippen molar-refractivity contribution in [3.05, 3.63) is 47.2 Å². The van der Waals surface area contributed by atoms with E-state index in [0.717, 1.165) is 21.0 Å². The highest BCUT2D eigenvalue weighted by Gasteiger charge is 2.12. The van der Waals surface area contributed by atoms with Crippen LogP contribution < -0.4 is 5.32 Å². The Hall–Kier alpha value is -1.85. The molecule has 0 aliphatic carbocycles. The van der Waals surface area contributed by atoms with Crippen molar-refractivity contribution in [3.63, 3.8) is 0 Å². The molecule has 0 fully saturated rings. The summed E-state index contributed by atoms with van der Waals surface area (Å²) in [6, 6.07) is 11.1. The molecule has 5 heteroatoms. The van der Waals surface area contributed by atoms with Gasteiger partial charge in [0.1, 0.15) is 15.8 Å². The van der Waals surface area contributed by atoms with Gasteiger partial charge in [-0.1, -0.05) is 49.4 Å². The van der Waals surface area contributed by atoms with E-state index in [1.165, 1.54) is 6.07 Å². The first-order valence-corrected chi connectivity index (χ1v) is 7.70. The van der Waals surface area contributed by atoms with Gasteiger partial charge >= 0.3 is 0 Å². The zero-order valence-corrected chi connectivity index (χ0v) is 12.7. The van der Waals surface area contributed by atoms with Crippen LogP contribution in [0.1, 0.15) is 18.9 Å². The van der Waals surface area contributed by atoms with Gasteiger partial charge in [0, 0.05) is 23.5 Å². The number of halogens is 1. The van der Waals surface area contributed by atoms with Gasteiger partial charge in [-0.3, -0.25) is 0 Å². The summed E-state index contributed by atoms with van der Waals surface area (Å²) >= 11 is 1.54. The van der Waals surface area contributed by atoms with Crippen molar-refractivity contribution in [1.82, 2.24) is 15.5 Å². The van der Waals surface area contributed by atoms with Gasteiger partial charge in [0.25, 0.3) is 0 Å². The lowest BCUT2D eigenvalue weighted by Crippen LogP contribution is -2.21. The predicted octanol–water partition coefficient (Wildman–Crippen LogP) is 4.00. The summed E-state index contributed by atoms with van der Waals surface area (Å²) in [5, 5.41) is 15.0. The first-order valence-electron chi connectivity index (χ1n) is 6.88. The first-order chi connectivity index (χ1) is 10.1. The third-order valence-electron chi connectivity index (χ3n) is 3.23. The molecular formula is C16H16FN3S. The lowest BCUT2D eigenvalue weighted by atomic mass is 10.0. The molecule has 21 heavy (non-hydrogen) atoms. The quantitative estimate of drug-likeness (QED) is 0.791. The van der Waals surface area contributed by atoms with Crippen molar-refractivity contribution in [1.29, 1.82) is 0 Å². The topological polar surface area (TPSA) is 37.8 Å². The first kappa shape index (κ1) is 14.1. The molecule has 0 radical (unpaired) electrons. The molecule has 0 spiro atoms. The molecule has 108 valence electrons. The van der Waals surface area contributed by atoms with Crippen LogP contribution in [0.3, 0.4) is 0 Å². The Morgan fingerprint density at radius 2 is 1.86 bits per heavy atom. The molecule has 0 atom stereocenters. The number of nitrogens with one attached hydrogen (secondary N) is 1. The molecule has 3 aromatic rings. The minimum atomic E-state index is -0.208. The minimum absolute atomic E-state index is 0.208. The number of nitrogens with zero attached hydrogens (tertiary/aromatic N) is 2. The largest absolute Gasteiger partial charge is 0.308 e. The highest BCUT2D eigenvalue weighted by Crippen LogP contribution is 2.32. The fourth-order valence-corrected chi connectivity index (χ4v) is 3.00. The molecule has 0 unspecified atom stereocenters. The number of hydrogen-bond acceptors (Lipinski definition) is 4. The molecule has 3 nitrogen and oxygen atoms in total. The summed E-state index contributed by atoms with van der Waals surface area (Å²) in [4.78, 5) is 0. The molecule has 1 aromatic heterocycles. The fourth-order valence-electron chi connectivity index (χ4n) is 2.17. The monoisotopic (exact) mass is 301 g/mol. The maximum Gasteiger partial charge on any atom is 0.148 e. The Kier molecular flexibility index (Phi) is 3.94. The third-order valence-corrected chi connectivity index (χ3v) is 4.19. The maximum absolute atomic E-state index is 13.9. The van der Waals surface area contributed by atoms with Crippen LogP contribution in [-0.2, 0) is 6.54 Å². The van der Waals surface area contributed by atoms with Crippen LogP contribution in [0.4, 0.5) is 4.39 Å². The molecule has 1 heterocycles. The second-order valence-corrected chi connectivity index (χ2v) is 6.24. The van der Waals surface area contributed by atoms with E-state index in [1.807, 2.05) is 18.2 Å². The molecule has 0 saturated heterocycles. The van der Waals surface area contributed by atoms with Crippen LogP contribution in [0, 0.1) is 5.82 Å². The number of rotatable bonds is 4. The summed E-state index contributed by atoms with van der Waals surface area (Å²) < 4.78 is 13.9. The second-order valence-electron chi connectivity index (χ2n) is 5.18. The van der Waals surface area contributed by atoms with Crippen LogP contribution >= 0.6 is 11.3 Å². The number of hydrogen-bond donors (Lipinski definition) is 1. The Balaban J connectivity index is 1.99. The fraction of sp³-hybridized carbons (Fsp3) is 0.250. The van der Waals surface area contributed by atoms with E-state index in [4.69, 9.17) is 0 Å². The Morgan fingerprint density at radius 1 is 1.10 bits per heavy atom. The van der Waals surface area contributed by atoms with E-state index < -0.39 is 0 Å². The molecule has 0 saturated carbocycles. The van der Waals surface area contributed by atoms with Gasteiger partial charge in [-0.25, -0.2) is 4.39 Å². The van der Waals surface area contributed by atoms with Crippen LogP contribution in [-0.4, -0.2) is 16.2 Å². The maximum atomic E-state index is 13.9. The summed E-state index contributed by atoms with van der Waals surface area (Å²) in [6.07, 6.45) is 0. The molecule has 0 amide bonds. The number of fused-ring (bicyclic) bond motifs is 1. The van der Waals surface area contributed by atoms with Crippen molar-refractivity contribution >= 4 is 22.1 Å².